The largest absolute Gasteiger partial charge is 0.507 e. The summed E-state index contributed by atoms with van der Waals surface area (Å²) in [5.74, 6) is -1.36. The van der Waals surface area contributed by atoms with Crippen LogP contribution in [0.4, 0.5) is 11.4 Å². The lowest BCUT2D eigenvalue weighted by Crippen LogP contribution is -2.36. The van der Waals surface area contributed by atoms with E-state index in [0.29, 0.717) is 18.9 Å². The molecule has 0 bridgehead atoms. The fourth-order valence-electron chi connectivity index (χ4n) is 2.80. The smallest absolute Gasteiger partial charge is 0.342 e. The van der Waals surface area contributed by atoms with Crippen LogP contribution in [0.25, 0.3) is 0 Å². The Hall–Kier alpha value is -3.06. The van der Waals surface area contributed by atoms with Crippen LogP contribution in [-0.4, -0.2) is 49.9 Å². The summed E-state index contributed by atoms with van der Waals surface area (Å²) >= 11 is 0. The molecule has 27 heavy (non-hydrogen) atoms. The van der Waals surface area contributed by atoms with Crippen LogP contribution in [0.3, 0.4) is 0 Å². The van der Waals surface area contributed by atoms with E-state index in [4.69, 9.17) is 9.47 Å². The van der Waals surface area contributed by atoms with Crippen LogP contribution in [-0.2, 0) is 14.3 Å². The Morgan fingerprint density at radius 1 is 1.15 bits per heavy atom. The van der Waals surface area contributed by atoms with Crippen LogP contribution in [0.5, 0.6) is 5.75 Å². The molecule has 1 amide bonds. The third-order valence-electron chi connectivity index (χ3n) is 4.23. The van der Waals surface area contributed by atoms with E-state index >= 15 is 0 Å². The van der Waals surface area contributed by atoms with Gasteiger partial charge in [0.15, 0.2) is 6.61 Å². The summed E-state index contributed by atoms with van der Waals surface area (Å²) in [6, 6.07) is 12.1. The molecule has 142 valence electrons. The second-order valence-corrected chi connectivity index (χ2v) is 6.29. The number of hydrogen-bond acceptors (Lipinski definition) is 6. The zero-order valence-corrected chi connectivity index (χ0v) is 15.1. The number of phenolic OH excluding ortho intramolecular Hbond substituents is 1. The zero-order chi connectivity index (χ0) is 19.2. The highest BCUT2D eigenvalue weighted by Crippen LogP contribution is 2.20. The number of carbonyl (C=O) groups is 2. The number of nitrogens with one attached hydrogen (secondary N) is 1. The van der Waals surface area contributed by atoms with Gasteiger partial charge >= 0.3 is 5.97 Å². The van der Waals surface area contributed by atoms with E-state index in [0.717, 1.165) is 24.3 Å². The fraction of sp³-hybridized carbons (Fsp3) is 0.300. The van der Waals surface area contributed by atoms with Crippen molar-refractivity contribution in [1.82, 2.24) is 0 Å². The first-order valence-corrected chi connectivity index (χ1v) is 8.72. The summed E-state index contributed by atoms with van der Waals surface area (Å²) in [6.07, 6.45) is 0. The summed E-state index contributed by atoms with van der Waals surface area (Å²) in [5, 5.41) is 12.5. The quantitative estimate of drug-likeness (QED) is 0.786. The van der Waals surface area contributed by atoms with E-state index in [-0.39, 0.29) is 11.3 Å². The number of benzene rings is 2. The molecule has 1 aliphatic heterocycles. The first-order valence-electron chi connectivity index (χ1n) is 8.72. The molecule has 0 aliphatic carbocycles. The van der Waals surface area contributed by atoms with E-state index < -0.39 is 18.5 Å². The van der Waals surface area contributed by atoms with Crippen molar-refractivity contribution >= 4 is 23.3 Å². The van der Waals surface area contributed by atoms with Crippen LogP contribution in [0.1, 0.15) is 15.9 Å². The van der Waals surface area contributed by atoms with Crippen molar-refractivity contribution in [2.45, 2.75) is 6.92 Å². The molecule has 0 unspecified atom stereocenters. The molecule has 7 nitrogen and oxygen atoms in total. The lowest BCUT2D eigenvalue weighted by atomic mass is 10.1. The normalized spacial score (nSPS) is 13.9. The Labute approximate surface area is 157 Å². The maximum absolute atomic E-state index is 12.0. The van der Waals surface area contributed by atoms with Crippen molar-refractivity contribution in [1.29, 1.82) is 0 Å². The average molecular weight is 370 g/mol. The van der Waals surface area contributed by atoms with Gasteiger partial charge in [-0.1, -0.05) is 6.07 Å². The van der Waals surface area contributed by atoms with Crippen LogP contribution in [0.2, 0.25) is 0 Å². The van der Waals surface area contributed by atoms with Gasteiger partial charge in [0.25, 0.3) is 5.91 Å². The number of phenols is 1. The predicted molar refractivity (Wildman–Crippen MR) is 101 cm³/mol. The van der Waals surface area contributed by atoms with Gasteiger partial charge in [-0.05, 0) is 48.9 Å². The number of carbonyl (C=O) groups excluding carboxylic acids is 2. The van der Waals surface area contributed by atoms with Gasteiger partial charge in [0, 0.05) is 24.5 Å². The average Bonchev–Trinajstić information content (AvgIpc) is 2.67. The van der Waals surface area contributed by atoms with Gasteiger partial charge in [0.2, 0.25) is 0 Å². The van der Waals surface area contributed by atoms with Crippen LogP contribution >= 0.6 is 0 Å². The Bertz CT molecular complexity index is 814. The molecule has 0 saturated carbocycles. The van der Waals surface area contributed by atoms with Gasteiger partial charge in [-0.2, -0.15) is 0 Å². The molecule has 0 spiro atoms. The predicted octanol–water partition coefficient (Wildman–Crippen LogP) is 2.33. The standard InChI is InChI=1S/C20H22N2O5/c1-14-2-7-17(18(23)12-14)20(25)27-13-19(24)21-15-3-5-16(6-4-15)22-8-10-26-11-9-22/h2-7,12,23H,8-11,13H2,1H3,(H,21,24). The maximum atomic E-state index is 12.0. The van der Waals surface area contributed by atoms with Gasteiger partial charge in [0.1, 0.15) is 11.3 Å². The van der Waals surface area contributed by atoms with Crippen molar-refractivity contribution < 1.29 is 24.2 Å². The second kappa shape index (κ2) is 8.55. The number of rotatable bonds is 5. The molecular weight excluding hydrogens is 348 g/mol. The number of nitrogens with zero attached hydrogens (tertiary/aromatic N) is 1. The van der Waals surface area contributed by atoms with Gasteiger partial charge in [0.05, 0.1) is 13.2 Å². The molecule has 3 rings (SSSR count). The van der Waals surface area contributed by atoms with Crippen LogP contribution < -0.4 is 10.2 Å². The van der Waals surface area contributed by atoms with Crippen molar-refractivity contribution in [2.75, 3.05) is 43.1 Å². The second-order valence-electron chi connectivity index (χ2n) is 6.29. The summed E-state index contributed by atoms with van der Waals surface area (Å²) in [4.78, 5) is 26.2. The Morgan fingerprint density at radius 3 is 2.52 bits per heavy atom. The molecule has 1 aliphatic rings. The first kappa shape index (κ1) is 18.7. The van der Waals surface area contributed by atoms with E-state index in [1.54, 1.807) is 25.1 Å². The van der Waals surface area contributed by atoms with Crippen molar-refractivity contribution in [2.24, 2.45) is 0 Å². The molecule has 0 aromatic heterocycles. The number of hydrogen-bond donors (Lipinski definition) is 2. The molecule has 1 fully saturated rings. The minimum Gasteiger partial charge on any atom is -0.507 e. The highest BCUT2D eigenvalue weighted by atomic mass is 16.5. The Kier molecular flexibility index (Phi) is 5.93. The van der Waals surface area contributed by atoms with Gasteiger partial charge < -0.3 is 24.8 Å². The Morgan fingerprint density at radius 2 is 1.85 bits per heavy atom. The number of morpholine rings is 1. The first-order chi connectivity index (χ1) is 13.0. The summed E-state index contributed by atoms with van der Waals surface area (Å²) in [5.41, 5.74) is 2.54. The SMILES string of the molecule is Cc1ccc(C(=O)OCC(=O)Nc2ccc(N3CCOCC3)cc2)c(O)c1. The number of anilines is 2. The molecule has 7 heteroatoms. The topological polar surface area (TPSA) is 88.1 Å². The number of aromatic hydroxyl groups is 1. The van der Waals surface area contributed by atoms with Crippen molar-refractivity contribution in [3.05, 3.63) is 53.6 Å². The fourth-order valence-corrected chi connectivity index (χ4v) is 2.80. The van der Waals surface area contributed by atoms with E-state index in [2.05, 4.69) is 10.2 Å². The zero-order valence-electron chi connectivity index (χ0n) is 15.1. The van der Waals surface area contributed by atoms with E-state index in [9.17, 15) is 14.7 Å². The van der Waals surface area contributed by atoms with Gasteiger partial charge in [-0.3, -0.25) is 4.79 Å². The number of ether oxygens (including phenoxy) is 2. The molecular formula is C20H22N2O5. The number of esters is 1. The lowest BCUT2D eigenvalue weighted by molar-refractivity contribution is -0.119. The monoisotopic (exact) mass is 370 g/mol. The highest BCUT2D eigenvalue weighted by molar-refractivity contribution is 5.96. The molecule has 1 saturated heterocycles. The van der Waals surface area contributed by atoms with E-state index in [1.165, 1.54) is 12.1 Å². The molecule has 1 heterocycles. The third-order valence-corrected chi connectivity index (χ3v) is 4.23. The summed E-state index contributed by atoms with van der Waals surface area (Å²) < 4.78 is 10.3. The number of amides is 1. The van der Waals surface area contributed by atoms with Crippen LogP contribution in [0.15, 0.2) is 42.5 Å². The summed E-state index contributed by atoms with van der Waals surface area (Å²) in [6.45, 7) is 4.46. The minimum atomic E-state index is -0.745. The van der Waals surface area contributed by atoms with Crippen LogP contribution in [0, 0.1) is 6.92 Å². The maximum Gasteiger partial charge on any atom is 0.342 e. The van der Waals surface area contributed by atoms with Gasteiger partial charge in [-0.15, -0.1) is 0 Å². The molecule has 2 aromatic carbocycles. The third kappa shape index (κ3) is 4.98. The molecule has 2 N–H and O–H groups in total. The highest BCUT2D eigenvalue weighted by Gasteiger charge is 2.15. The Balaban J connectivity index is 1.50. The van der Waals surface area contributed by atoms with Crippen molar-refractivity contribution in [3.63, 3.8) is 0 Å². The summed E-state index contributed by atoms with van der Waals surface area (Å²) in [7, 11) is 0. The molecule has 2 aromatic rings. The molecule has 0 atom stereocenters. The lowest BCUT2D eigenvalue weighted by Gasteiger charge is -2.28. The van der Waals surface area contributed by atoms with Crippen molar-refractivity contribution in [3.8, 4) is 5.75 Å². The minimum absolute atomic E-state index is 0.0308. The van der Waals surface area contributed by atoms with E-state index in [1.807, 2.05) is 12.1 Å². The van der Waals surface area contributed by atoms with Gasteiger partial charge in [-0.25, -0.2) is 4.79 Å². The molecule has 0 radical (unpaired) electrons. The number of aryl methyl sites for hydroxylation is 1.